The predicted octanol–water partition coefficient (Wildman–Crippen LogP) is 6.69. The summed E-state index contributed by atoms with van der Waals surface area (Å²) in [5.74, 6) is 1.26. The summed E-state index contributed by atoms with van der Waals surface area (Å²) in [4.78, 5) is 53.3. The van der Waals surface area contributed by atoms with Crippen LogP contribution in [0.4, 0.5) is 27.5 Å². The molecular formula is C45H59N9O4. The number of aryl methyl sites for hydroxylation is 1. The Morgan fingerprint density at radius 2 is 1.71 bits per heavy atom. The molecule has 3 aromatic rings. The summed E-state index contributed by atoms with van der Waals surface area (Å²) in [6.45, 7) is 21.9. The number of aromatic nitrogens is 1. The van der Waals surface area contributed by atoms with Gasteiger partial charge in [-0.05, 0) is 75.4 Å². The van der Waals surface area contributed by atoms with Crippen molar-refractivity contribution in [3.63, 3.8) is 0 Å². The van der Waals surface area contributed by atoms with Crippen molar-refractivity contribution in [2.45, 2.75) is 72.8 Å². The van der Waals surface area contributed by atoms with Gasteiger partial charge in [0.1, 0.15) is 18.1 Å². The minimum absolute atomic E-state index is 0.203. The Kier molecular flexibility index (Phi) is 14.2. The van der Waals surface area contributed by atoms with E-state index in [2.05, 4.69) is 71.1 Å². The Morgan fingerprint density at radius 3 is 2.38 bits per heavy atom. The van der Waals surface area contributed by atoms with Crippen LogP contribution in [0.2, 0.25) is 0 Å². The fourth-order valence-electron chi connectivity index (χ4n) is 7.94. The van der Waals surface area contributed by atoms with Crippen molar-refractivity contribution in [3.8, 4) is 5.88 Å². The number of nitrogens with one attached hydrogen (secondary N) is 3. The van der Waals surface area contributed by atoms with E-state index in [1.807, 2.05) is 66.6 Å². The number of anilines is 4. The van der Waals surface area contributed by atoms with E-state index in [0.29, 0.717) is 50.3 Å². The molecule has 308 valence electrons. The van der Waals surface area contributed by atoms with Crippen LogP contribution in [0.15, 0.2) is 83.8 Å². The average molecular weight is 790 g/mol. The number of imide groups is 1. The van der Waals surface area contributed by atoms with Gasteiger partial charge < -0.3 is 25.2 Å². The van der Waals surface area contributed by atoms with Crippen molar-refractivity contribution in [1.29, 1.82) is 0 Å². The largest absolute Gasteiger partial charge is 0.474 e. The van der Waals surface area contributed by atoms with Gasteiger partial charge in [0.15, 0.2) is 0 Å². The van der Waals surface area contributed by atoms with Gasteiger partial charge in [-0.1, -0.05) is 56.3 Å². The lowest BCUT2D eigenvalue weighted by atomic mass is 10.00. The number of amides is 4. The molecule has 13 heteroatoms. The van der Waals surface area contributed by atoms with Gasteiger partial charge in [-0.25, -0.2) is 14.8 Å². The third-order valence-corrected chi connectivity index (χ3v) is 11.4. The monoisotopic (exact) mass is 789 g/mol. The molecule has 0 radical (unpaired) electrons. The van der Waals surface area contributed by atoms with Gasteiger partial charge in [0, 0.05) is 75.2 Å². The number of benzene rings is 2. The molecule has 2 aromatic carbocycles. The molecule has 3 N–H and O–H groups in total. The van der Waals surface area contributed by atoms with Gasteiger partial charge in [-0.15, -0.1) is 0 Å². The van der Waals surface area contributed by atoms with Crippen LogP contribution in [0, 0.1) is 13.8 Å². The van der Waals surface area contributed by atoms with Gasteiger partial charge in [-0.3, -0.25) is 24.7 Å². The Labute approximate surface area is 343 Å². The molecular weight excluding hydrogens is 731 g/mol. The summed E-state index contributed by atoms with van der Waals surface area (Å²) in [7, 11) is 0. The summed E-state index contributed by atoms with van der Waals surface area (Å²) < 4.78 is 5.72. The van der Waals surface area contributed by atoms with E-state index in [1.165, 1.54) is 18.4 Å². The highest BCUT2D eigenvalue weighted by molar-refractivity contribution is 6.06. The first kappa shape index (κ1) is 41.9. The van der Waals surface area contributed by atoms with E-state index in [4.69, 9.17) is 9.73 Å². The number of aliphatic imine (C=N–C) groups is 1. The summed E-state index contributed by atoms with van der Waals surface area (Å²) in [6.07, 6.45) is 8.08. The molecule has 4 aliphatic rings. The smallest absolute Gasteiger partial charge is 0.328 e. The van der Waals surface area contributed by atoms with E-state index in [0.717, 1.165) is 90.8 Å². The number of pyridine rings is 1. The number of nitrogens with zero attached hydrogens (tertiary/aromatic N) is 6. The minimum atomic E-state index is -0.338. The van der Waals surface area contributed by atoms with E-state index in [9.17, 15) is 14.4 Å². The Morgan fingerprint density at radius 1 is 0.983 bits per heavy atom. The number of carbonyl (C=O) groups excluding carboxylic acids is 3. The van der Waals surface area contributed by atoms with Crippen LogP contribution >= 0.6 is 0 Å². The lowest BCUT2D eigenvalue weighted by Gasteiger charge is -2.39. The normalized spacial score (nSPS) is 18.6. The maximum atomic E-state index is 13.0. The predicted molar refractivity (Wildman–Crippen MR) is 233 cm³/mol. The fraction of sp³-hybridized carbons (Fsp3) is 0.444. The van der Waals surface area contributed by atoms with Gasteiger partial charge in [-0.2, -0.15) is 0 Å². The number of ether oxygens (including phenoxy) is 1. The topological polar surface area (TPSA) is 135 Å². The minimum Gasteiger partial charge on any atom is -0.474 e. The van der Waals surface area contributed by atoms with Crippen LogP contribution in [0.1, 0.15) is 63.1 Å². The number of fused-ring (bicyclic) bond motifs is 1. The number of hydrogen-bond acceptors (Lipinski definition) is 10. The molecule has 1 aromatic heterocycles. The quantitative estimate of drug-likeness (QED) is 0.206. The van der Waals surface area contributed by atoms with Crippen molar-refractivity contribution >= 4 is 46.3 Å². The molecule has 0 atom stereocenters. The van der Waals surface area contributed by atoms with E-state index in [1.54, 1.807) is 4.90 Å². The van der Waals surface area contributed by atoms with Crippen molar-refractivity contribution < 1.29 is 19.1 Å². The van der Waals surface area contributed by atoms with E-state index in [-0.39, 0.29) is 17.8 Å². The molecule has 5 heterocycles. The number of carbonyl (C=O) groups is 3. The standard InChI is InChI=1S/C34H47N7O2.C11H12N2O2/c1-6-27-13-15-41(31-22-36-34-33(24(31)4)35-14-20-43-34)23-30(27)38-25(5)37-28-11-9-26(10-12-28)21-32(42)40-18-16-39(17-19-40)29(7-2)8-3;1-8-2-4-9(5-3-8)13-7-6-10(14)12-11(13)15/h6,9-12,22,29,35,37H,5,7-8,13-21,23H2,1-4H3;2-5H,6-7H2,1H3,(H,12,14,15)/b27-6-,38-30-;. The van der Waals surface area contributed by atoms with Crippen LogP contribution in [0.5, 0.6) is 5.88 Å². The number of rotatable bonds is 10. The third-order valence-electron chi connectivity index (χ3n) is 11.4. The molecule has 4 amide bonds. The van der Waals surface area contributed by atoms with E-state index < -0.39 is 0 Å². The van der Waals surface area contributed by atoms with Crippen LogP contribution in [-0.4, -0.2) is 103 Å². The number of piperidine rings is 1. The van der Waals surface area contributed by atoms with Crippen molar-refractivity contribution in [1.82, 2.24) is 20.1 Å². The molecule has 3 saturated heterocycles. The number of hydrogen-bond donors (Lipinski definition) is 3. The molecule has 0 saturated carbocycles. The SMILES string of the molecule is C=C(/N=C1/CN(c2cnc3c(c2C)NCCO3)CC/C1=C/C)Nc1ccc(CC(=O)N2CCN(C(CC)CC)CC2)cc1.Cc1ccc(N2CCC(=O)NC2=O)cc1. The van der Waals surface area contributed by atoms with Crippen LogP contribution in [0.25, 0.3) is 0 Å². The first-order valence-corrected chi connectivity index (χ1v) is 20.7. The molecule has 4 aliphatic heterocycles. The highest BCUT2D eigenvalue weighted by Crippen LogP contribution is 2.36. The first-order chi connectivity index (χ1) is 28.1. The van der Waals surface area contributed by atoms with Gasteiger partial charge in [0.2, 0.25) is 17.7 Å². The molecule has 7 rings (SSSR count). The maximum Gasteiger partial charge on any atom is 0.328 e. The zero-order valence-electron chi connectivity index (χ0n) is 34.8. The summed E-state index contributed by atoms with van der Waals surface area (Å²) in [6, 6.07) is 16.0. The third kappa shape index (κ3) is 10.4. The lowest BCUT2D eigenvalue weighted by Crippen LogP contribution is -2.52. The molecule has 3 fully saturated rings. The average Bonchev–Trinajstić information content (AvgIpc) is 3.23. The summed E-state index contributed by atoms with van der Waals surface area (Å²) in [5.41, 5.74) is 9.34. The highest BCUT2D eigenvalue weighted by atomic mass is 16.5. The zero-order chi connectivity index (χ0) is 41.2. The van der Waals surface area contributed by atoms with Crippen molar-refractivity contribution in [2.75, 3.05) is 79.4 Å². The van der Waals surface area contributed by atoms with Crippen molar-refractivity contribution in [3.05, 3.63) is 95.5 Å². The van der Waals surface area contributed by atoms with Gasteiger partial charge in [0.05, 0.1) is 30.6 Å². The molecule has 13 nitrogen and oxygen atoms in total. The first-order valence-electron chi connectivity index (χ1n) is 20.7. The van der Waals surface area contributed by atoms with Gasteiger partial charge in [0.25, 0.3) is 0 Å². The second kappa shape index (κ2) is 19.6. The number of urea groups is 1. The van der Waals surface area contributed by atoms with Gasteiger partial charge >= 0.3 is 6.03 Å². The molecule has 0 spiro atoms. The molecule has 0 unspecified atom stereocenters. The van der Waals surface area contributed by atoms with E-state index >= 15 is 0 Å². The lowest BCUT2D eigenvalue weighted by molar-refractivity contribution is -0.132. The Hall–Kier alpha value is -5.69. The van der Waals surface area contributed by atoms with Crippen LogP contribution in [-0.2, 0) is 16.0 Å². The Bertz CT molecular complexity index is 2000. The Balaban J connectivity index is 0.000000315. The maximum absolute atomic E-state index is 13.0. The molecule has 0 aliphatic carbocycles. The summed E-state index contributed by atoms with van der Waals surface area (Å²) in [5, 5.41) is 9.07. The fourth-order valence-corrected chi connectivity index (χ4v) is 7.94. The van der Waals surface area contributed by atoms with Crippen molar-refractivity contribution in [2.24, 2.45) is 4.99 Å². The summed E-state index contributed by atoms with van der Waals surface area (Å²) >= 11 is 0. The number of allylic oxidation sites excluding steroid dienone is 1. The highest BCUT2D eigenvalue weighted by Gasteiger charge is 2.27. The molecule has 58 heavy (non-hydrogen) atoms. The molecule has 0 bridgehead atoms. The second-order valence-electron chi connectivity index (χ2n) is 15.2. The number of piperazine rings is 1. The second-order valence-corrected chi connectivity index (χ2v) is 15.2. The van der Waals surface area contributed by atoms with Crippen LogP contribution < -0.4 is 30.5 Å². The zero-order valence-corrected chi connectivity index (χ0v) is 34.8. The van der Waals surface area contributed by atoms with Crippen LogP contribution in [0.3, 0.4) is 0 Å².